The van der Waals surface area contributed by atoms with Gasteiger partial charge in [0.05, 0.1) is 20.8 Å². The molecule has 1 aliphatic carbocycles. The standard InChI is InChI=1S/C22H35N3O4/c1-22(2,3)25-20(26)14-23-17-8-6-15(7-9-17)13-24-21(27)16-10-18(28-4)12-19(11-16)29-5/h10-12,15,17,23H,6-9,13-14H2,1-5H3,(H,24,27)(H,25,26)/t15-,17-. The van der Waals surface area contributed by atoms with Crippen molar-refractivity contribution in [1.29, 1.82) is 0 Å². The summed E-state index contributed by atoms with van der Waals surface area (Å²) in [7, 11) is 3.13. The number of carbonyl (C=O) groups is 2. The van der Waals surface area contributed by atoms with E-state index in [0.29, 0.717) is 42.1 Å². The fourth-order valence-corrected chi connectivity index (χ4v) is 3.55. The average molecular weight is 406 g/mol. The van der Waals surface area contributed by atoms with Crippen molar-refractivity contribution in [3.63, 3.8) is 0 Å². The molecule has 0 aromatic heterocycles. The van der Waals surface area contributed by atoms with E-state index in [-0.39, 0.29) is 17.4 Å². The Labute approximate surface area is 173 Å². The largest absolute Gasteiger partial charge is 0.497 e. The molecule has 1 aromatic rings. The lowest BCUT2D eigenvalue weighted by Crippen LogP contribution is -2.47. The van der Waals surface area contributed by atoms with E-state index < -0.39 is 0 Å². The number of rotatable bonds is 8. The predicted octanol–water partition coefficient (Wildman–Crippen LogP) is 2.50. The van der Waals surface area contributed by atoms with E-state index in [1.807, 2.05) is 20.8 Å². The van der Waals surface area contributed by atoms with Crippen molar-refractivity contribution in [2.24, 2.45) is 5.92 Å². The molecule has 0 saturated heterocycles. The quantitative estimate of drug-likeness (QED) is 0.618. The first kappa shape index (κ1) is 23.0. The van der Waals surface area contributed by atoms with E-state index in [2.05, 4.69) is 16.0 Å². The summed E-state index contributed by atoms with van der Waals surface area (Å²) in [5.41, 5.74) is 0.322. The van der Waals surface area contributed by atoms with Crippen LogP contribution in [-0.2, 0) is 4.79 Å². The molecule has 7 heteroatoms. The van der Waals surface area contributed by atoms with Crippen molar-refractivity contribution < 1.29 is 19.1 Å². The maximum atomic E-state index is 12.5. The zero-order valence-corrected chi connectivity index (χ0v) is 18.3. The molecule has 1 saturated carbocycles. The number of benzene rings is 1. The first-order chi connectivity index (χ1) is 13.7. The molecule has 7 nitrogen and oxygen atoms in total. The van der Waals surface area contributed by atoms with Crippen molar-refractivity contribution in [1.82, 2.24) is 16.0 Å². The Kier molecular flexibility index (Phi) is 8.32. The number of hydrogen-bond acceptors (Lipinski definition) is 5. The zero-order valence-electron chi connectivity index (χ0n) is 18.3. The molecule has 0 aliphatic heterocycles. The molecule has 0 unspecified atom stereocenters. The highest BCUT2D eigenvalue weighted by Crippen LogP contribution is 2.25. The van der Waals surface area contributed by atoms with Crippen LogP contribution >= 0.6 is 0 Å². The van der Waals surface area contributed by atoms with Gasteiger partial charge < -0.3 is 25.4 Å². The Hall–Kier alpha value is -2.28. The minimum Gasteiger partial charge on any atom is -0.497 e. The second-order valence-corrected chi connectivity index (χ2v) is 8.71. The van der Waals surface area contributed by atoms with Crippen LogP contribution in [0.4, 0.5) is 0 Å². The lowest BCUT2D eigenvalue weighted by molar-refractivity contribution is -0.121. The Morgan fingerprint density at radius 1 is 1.00 bits per heavy atom. The van der Waals surface area contributed by atoms with Gasteiger partial charge in [-0.2, -0.15) is 0 Å². The van der Waals surface area contributed by atoms with Crippen LogP contribution in [-0.4, -0.2) is 50.7 Å². The molecule has 2 amide bonds. The minimum atomic E-state index is -0.207. The third-order valence-electron chi connectivity index (χ3n) is 5.08. The monoisotopic (exact) mass is 405 g/mol. The molecule has 0 bridgehead atoms. The summed E-state index contributed by atoms with van der Waals surface area (Å²) in [6.45, 7) is 6.93. The van der Waals surface area contributed by atoms with E-state index in [9.17, 15) is 9.59 Å². The van der Waals surface area contributed by atoms with Gasteiger partial charge in [0.15, 0.2) is 0 Å². The SMILES string of the molecule is COc1cc(OC)cc(C(=O)NC[C@H]2CC[C@H](NCC(=O)NC(C)(C)C)CC2)c1. The Morgan fingerprint density at radius 2 is 1.59 bits per heavy atom. The smallest absolute Gasteiger partial charge is 0.251 e. The molecule has 0 spiro atoms. The second kappa shape index (κ2) is 10.5. The van der Waals surface area contributed by atoms with Crippen molar-refractivity contribution >= 4 is 11.8 Å². The number of amides is 2. The molecule has 0 radical (unpaired) electrons. The molecular weight excluding hydrogens is 370 g/mol. The van der Waals surface area contributed by atoms with Crippen molar-refractivity contribution in [3.8, 4) is 11.5 Å². The third-order valence-corrected chi connectivity index (χ3v) is 5.08. The van der Waals surface area contributed by atoms with Crippen LogP contribution in [0.3, 0.4) is 0 Å². The first-order valence-corrected chi connectivity index (χ1v) is 10.3. The molecule has 2 rings (SSSR count). The number of hydrogen-bond donors (Lipinski definition) is 3. The molecule has 1 aliphatic rings. The van der Waals surface area contributed by atoms with Gasteiger partial charge in [0.1, 0.15) is 11.5 Å². The summed E-state index contributed by atoms with van der Waals surface area (Å²) in [5, 5.41) is 9.35. The molecule has 1 fully saturated rings. The number of carbonyl (C=O) groups excluding carboxylic acids is 2. The normalized spacial score (nSPS) is 19.3. The van der Waals surface area contributed by atoms with Gasteiger partial charge in [-0.05, 0) is 64.5 Å². The molecule has 0 heterocycles. The molecule has 162 valence electrons. The van der Waals surface area contributed by atoms with Gasteiger partial charge in [-0.15, -0.1) is 0 Å². The van der Waals surface area contributed by atoms with Gasteiger partial charge in [-0.25, -0.2) is 0 Å². The molecule has 29 heavy (non-hydrogen) atoms. The van der Waals surface area contributed by atoms with Crippen LogP contribution in [0, 0.1) is 5.92 Å². The van der Waals surface area contributed by atoms with E-state index >= 15 is 0 Å². The Bertz CT molecular complexity index is 670. The van der Waals surface area contributed by atoms with E-state index in [1.54, 1.807) is 32.4 Å². The highest BCUT2D eigenvalue weighted by atomic mass is 16.5. The van der Waals surface area contributed by atoms with Gasteiger partial charge in [0.25, 0.3) is 5.91 Å². The Balaban J connectivity index is 1.73. The highest BCUT2D eigenvalue weighted by Gasteiger charge is 2.23. The molecular formula is C22H35N3O4. The van der Waals surface area contributed by atoms with Crippen LogP contribution in [0.25, 0.3) is 0 Å². The van der Waals surface area contributed by atoms with Gasteiger partial charge in [-0.1, -0.05) is 0 Å². The van der Waals surface area contributed by atoms with Crippen LogP contribution in [0.15, 0.2) is 18.2 Å². The summed E-state index contributed by atoms with van der Waals surface area (Å²) in [5.74, 6) is 1.54. The molecule has 3 N–H and O–H groups in total. The third kappa shape index (κ3) is 7.93. The van der Waals surface area contributed by atoms with Crippen molar-refractivity contribution in [3.05, 3.63) is 23.8 Å². The Morgan fingerprint density at radius 3 is 2.10 bits per heavy atom. The van der Waals surface area contributed by atoms with E-state index in [4.69, 9.17) is 9.47 Å². The van der Waals surface area contributed by atoms with Crippen LogP contribution in [0.2, 0.25) is 0 Å². The number of methoxy groups -OCH3 is 2. The summed E-state index contributed by atoms with van der Waals surface area (Å²) < 4.78 is 10.4. The van der Waals surface area contributed by atoms with Gasteiger partial charge in [0, 0.05) is 29.8 Å². The highest BCUT2D eigenvalue weighted by molar-refractivity contribution is 5.95. The fourth-order valence-electron chi connectivity index (χ4n) is 3.55. The summed E-state index contributed by atoms with van der Waals surface area (Å²) in [6, 6.07) is 5.52. The second-order valence-electron chi connectivity index (χ2n) is 8.71. The van der Waals surface area contributed by atoms with Crippen LogP contribution in [0.5, 0.6) is 11.5 Å². The molecule has 0 atom stereocenters. The van der Waals surface area contributed by atoms with Crippen molar-refractivity contribution in [2.75, 3.05) is 27.3 Å². The lowest BCUT2D eigenvalue weighted by Gasteiger charge is -2.29. The average Bonchev–Trinajstić information content (AvgIpc) is 2.69. The predicted molar refractivity (Wildman–Crippen MR) is 114 cm³/mol. The van der Waals surface area contributed by atoms with E-state index in [0.717, 1.165) is 25.7 Å². The first-order valence-electron chi connectivity index (χ1n) is 10.3. The van der Waals surface area contributed by atoms with Gasteiger partial charge >= 0.3 is 0 Å². The lowest BCUT2D eigenvalue weighted by atomic mass is 9.86. The topological polar surface area (TPSA) is 88.7 Å². The zero-order chi connectivity index (χ0) is 21.4. The fraction of sp³-hybridized carbons (Fsp3) is 0.636. The summed E-state index contributed by atoms with van der Waals surface area (Å²) >= 11 is 0. The number of nitrogens with one attached hydrogen (secondary N) is 3. The van der Waals surface area contributed by atoms with Gasteiger partial charge in [0.2, 0.25) is 5.91 Å². The van der Waals surface area contributed by atoms with Crippen molar-refractivity contribution in [2.45, 2.75) is 58.0 Å². The van der Waals surface area contributed by atoms with Crippen LogP contribution < -0.4 is 25.4 Å². The van der Waals surface area contributed by atoms with E-state index in [1.165, 1.54) is 0 Å². The molecule has 1 aromatic carbocycles. The minimum absolute atomic E-state index is 0.0283. The van der Waals surface area contributed by atoms with Gasteiger partial charge in [-0.3, -0.25) is 9.59 Å². The summed E-state index contributed by atoms with van der Waals surface area (Å²) in [4.78, 5) is 24.4. The maximum absolute atomic E-state index is 12.5. The van der Waals surface area contributed by atoms with Crippen LogP contribution in [0.1, 0.15) is 56.8 Å². The maximum Gasteiger partial charge on any atom is 0.251 e. The summed E-state index contributed by atoms with van der Waals surface area (Å²) in [6.07, 6.45) is 4.08. The number of ether oxygens (including phenoxy) is 2.